The predicted octanol–water partition coefficient (Wildman–Crippen LogP) is 27.6. The summed E-state index contributed by atoms with van der Waals surface area (Å²) >= 11 is 0. The number of hydrogen-bond acceptors (Lipinski definition) is 7. The van der Waals surface area contributed by atoms with E-state index in [2.05, 4.69) is 37.8 Å². The van der Waals surface area contributed by atoms with Crippen molar-refractivity contribution in [3.8, 4) is 0 Å². The summed E-state index contributed by atoms with van der Waals surface area (Å²) in [7, 11) is -2.83. The molecule has 0 aliphatic carbocycles. The monoisotopic (exact) mass is 1210 g/mol. The molecule has 0 N–H and O–H groups in total. The van der Waals surface area contributed by atoms with Crippen molar-refractivity contribution in [2.75, 3.05) is 26.2 Å². The zero-order valence-electron chi connectivity index (χ0n) is 58.7. The Bertz CT molecular complexity index is 1050. The minimum Gasteiger partial charge on any atom is -0.279 e. The Hall–Kier alpha value is -0.0100. The average Bonchev–Trinajstić information content (AvgIpc) is 3.48. The van der Waals surface area contributed by atoms with Crippen LogP contribution in [0.25, 0.3) is 0 Å². The second kappa shape index (κ2) is 73.7. The molecule has 0 aliphatic heterocycles. The molecule has 8 heteroatoms. The maximum atomic E-state index is 13.4. The van der Waals surface area contributed by atoms with E-state index in [0.717, 1.165) is 51.9 Å². The van der Waals surface area contributed by atoms with E-state index in [4.69, 9.17) is 18.7 Å². The Morgan fingerprint density at radius 3 is 0.464 bits per heavy atom. The molecule has 0 fully saturated rings. The number of rotatable bonds is 76. The molecular weight excluding hydrogens is 1050 g/mol. The van der Waals surface area contributed by atoms with Crippen molar-refractivity contribution in [1.82, 2.24) is 10.1 Å². The van der Waals surface area contributed by atoms with Crippen LogP contribution in [0.4, 0.5) is 0 Å². The maximum absolute atomic E-state index is 13.4. The molecule has 506 valence electrons. The zero-order chi connectivity index (χ0) is 60.8. The topological polar surface area (TPSA) is 60.5 Å². The van der Waals surface area contributed by atoms with Crippen LogP contribution in [-0.4, -0.2) is 48.9 Å². The van der Waals surface area contributed by atoms with Gasteiger partial charge in [0.05, 0.1) is 0 Å². The molecule has 0 aliphatic rings. The van der Waals surface area contributed by atoms with Crippen LogP contribution in [0, 0.1) is 0 Å². The van der Waals surface area contributed by atoms with Crippen LogP contribution in [0.5, 0.6) is 0 Å². The molecule has 0 heterocycles. The van der Waals surface area contributed by atoms with Gasteiger partial charge < -0.3 is 0 Å². The standard InChI is InChI=1S/C76H157N2O5P/c1-7-11-15-19-23-27-31-35-39-43-47-51-55-59-63-67-71-77(72-68-64-60-56-52-48-44-40-36-32-28-24-20-16-12-8-2)80-75(5)82-84(79)83-76(6)81-78(73-69-65-61-57-53-49-45-41-37-33-29-25-21-17-13-9-3)74-70-66-62-58-54-50-46-42-38-34-30-26-22-18-14-10-4/h75-76,84H,7-74H2,1-6H3. The summed E-state index contributed by atoms with van der Waals surface area (Å²) < 4.78 is 25.3. The summed E-state index contributed by atoms with van der Waals surface area (Å²) in [5, 5.41) is 4.23. The number of hydrogen-bond donors (Lipinski definition) is 0. The normalized spacial score (nSPS) is 13.1. The molecule has 7 nitrogen and oxygen atoms in total. The Morgan fingerprint density at radius 1 is 0.214 bits per heavy atom. The minimum atomic E-state index is -2.83. The Balaban J connectivity index is 4.94. The fourth-order valence-corrected chi connectivity index (χ4v) is 13.2. The van der Waals surface area contributed by atoms with Gasteiger partial charge in [-0.25, -0.2) is 0 Å². The first-order valence-electron chi connectivity index (χ1n) is 39.2. The third kappa shape index (κ3) is 69.5. The van der Waals surface area contributed by atoms with Crippen molar-refractivity contribution in [3.63, 3.8) is 0 Å². The largest absolute Gasteiger partial charge is 0.323 e. The molecule has 84 heavy (non-hydrogen) atoms. The number of nitrogens with zero attached hydrogens (tertiary/aromatic N) is 2. The SMILES string of the molecule is CCCCCCCCCCCCCCCCCCN(CCCCCCCCCCCCCCCCCC)OC(C)O[PH](=O)OC(C)ON(CCCCCCCCCCCCCCCCCC)CCCCCCCCCCCCCCCCCC. The summed E-state index contributed by atoms with van der Waals surface area (Å²) in [6, 6.07) is 0. The highest BCUT2D eigenvalue weighted by atomic mass is 31.1. The third-order valence-electron chi connectivity index (χ3n) is 18.2. The predicted molar refractivity (Wildman–Crippen MR) is 374 cm³/mol. The fraction of sp³-hybridized carbons (Fsp3) is 1.00. The molecule has 0 radical (unpaired) electrons. The van der Waals surface area contributed by atoms with Gasteiger partial charge in [0.1, 0.15) is 0 Å². The second-order valence-electron chi connectivity index (χ2n) is 26.9. The van der Waals surface area contributed by atoms with E-state index in [9.17, 15) is 4.57 Å². The van der Waals surface area contributed by atoms with Gasteiger partial charge in [-0.05, 0) is 39.5 Å². The molecule has 2 unspecified atom stereocenters. The Labute approximate surface area is 530 Å². The van der Waals surface area contributed by atoms with Crippen LogP contribution in [0.2, 0.25) is 0 Å². The quantitative estimate of drug-likeness (QED) is 0.0260. The molecule has 0 spiro atoms. The molecule has 0 bridgehead atoms. The van der Waals surface area contributed by atoms with Crippen molar-refractivity contribution < 1.29 is 23.3 Å². The fourth-order valence-electron chi connectivity index (χ4n) is 12.5. The van der Waals surface area contributed by atoms with Gasteiger partial charge in [0.2, 0.25) is 0 Å². The summed E-state index contributed by atoms with van der Waals surface area (Å²) in [5.74, 6) is 0. The summed E-state index contributed by atoms with van der Waals surface area (Å²) in [6.45, 7) is 16.5. The van der Waals surface area contributed by atoms with Crippen molar-refractivity contribution in [2.45, 2.75) is 465 Å². The van der Waals surface area contributed by atoms with Gasteiger partial charge in [0, 0.05) is 26.2 Å². The molecule has 0 amide bonds. The van der Waals surface area contributed by atoms with Crippen LogP contribution >= 0.6 is 8.25 Å². The van der Waals surface area contributed by atoms with Crippen molar-refractivity contribution >= 4 is 8.25 Å². The number of hydroxylamine groups is 4. The molecule has 0 aromatic heterocycles. The van der Waals surface area contributed by atoms with Crippen LogP contribution in [-0.2, 0) is 23.3 Å². The average molecular weight is 1210 g/mol. The van der Waals surface area contributed by atoms with Crippen LogP contribution in [0.3, 0.4) is 0 Å². The molecule has 0 aromatic carbocycles. The minimum absolute atomic E-state index is 0.642. The van der Waals surface area contributed by atoms with E-state index in [1.807, 2.05) is 13.8 Å². The second-order valence-corrected chi connectivity index (χ2v) is 27.9. The van der Waals surface area contributed by atoms with Crippen molar-refractivity contribution in [3.05, 3.63) is 0 Å². The maximum Gasteiger partial charge on any atom is 0.323 e. The van der Waals surface area contributed by atoms with Gasteiger partial charge in [-0.2, -0.15) is 10.1 Å². The van der Waals surface area contributed by atoms with Crippen molar-refractivity contribution in [2.24, 2.45) is 0 Å². The zero-order valence-corrected chi connectivity index (χ0v) is 59.7. The molecule has 0 rings (SSSR count). The van der Waals surface area contributed by atoms with Gasteiger partial charge in [-0.15, -0.1) is 0 Å². The van der Waals surface area contributed by atoms with Crippen LogP contribution in [0.15, 0.2) is 0 Å². The van der Waals surface area contributed by atoms with Gasteiger partial charge in [0.25, 0.3) is 0 Å². The molecule has 0 aromatic rings. The van der Waals surface area contributed by atoms with E-state index < -0.39 is 20.8 Å². The molecule has 0 saturated carbocycles. The van der Waals surface area contributed by atoms with E-state index >= 15 is 0 Å². The summed E-state index contributed by atoms with van der Waals surface area (Å²) in [6.07, 6.45) is 86.5. The molecular formula is C76H157N2O5P. The lowest BCUT2D eigenvalue weighted by atomic mass is 10.0. The molecule has 2 atom stereocenters. The van der Waals surface area contributed by atoms with Gasteiger partial charge >= 0.3 is 8.25 Å². The van der Waals surface area contributed by atoms with E-state index in [-0.39, 0.29) is 0 Å². The van der Waals surface area contributed by atoms with Crippen molar-refractivity contribution in [1.29, 1.82) is 0 Å². The first-order valence-corrected chi connectivity index (χ1v) is 40.4. The lowest BCUT2D eigenvalue weighted by Gasteiger charge is -2.27. The van der Waals surface area contributed by atoms with Gasteiger partial charge in [0.15, 0.2) is 12.6 Å². The van der Waals surface area contributed by atoms with Crippen LogP contribution < -0.4 is 0 Å². The smallest absolute Gasteiger partial charge is 0.279 e. The summed E-state index contributed by atoms with van der Waals surface area (Å²) in [5.41, 5.74) is 0. The Morgan fingerprint density at radius 2 is 0.333 bits per heavy atom. The lowest BCUT2D eigenvalue weighted by Crippen LogP contribution is -2.32. The highest BCUT2D eigenvalue weighted by molar-refractivity contribution is 7.33. The summed E-state index contributed by atoms with van der Waals surface area (Å²) in [4.78, 5) is 12.8. The van der Waals surface area contributed by atoms with E-state index in [0.29, 0.717) is 0 Å². The highest BCUT2D eigenvalue weighted by Crippen LogP contribution is 2.30. The Kier molecular flexibility index (Phi) is 73.7. The third-order valence-corrected chi connectivity index (χ3v) is 19.2. The highest BCUT2D eigenvalue weighted by Gasteiger charge is 2.19. The van der Waals surface area contributed by atoms with Crippen LogP contribution in [0.1, 0.15) is 452 Å². The number of unbranched alkanes of at least 4 members (excludes halogenated alkanes) is 60. The molecule has 0 saturated heterocycles. The first kappa shape index (κ1) is 84.0. The van der Waals surface area contributed by atoms with E-state index in [1.54, 1.807) is 0 Å². The van der Waals surface area contributed by atoms with Gasteiger partial charge in [-0.3, -0.25) is 23.3 Å². The van der Waals surface area contributed by atoms with Gasteiger partial charge in [-0.1, -0.05) is 413 Å². The van der Waals surface area contributed by atoms with E-state index in [1.165, 1.54) is 385 Å². The lowest BCUT2D eigenvalue weighted by molar-refractivity contribution is -0.262. The first-order chi connectivity index (χ1) is 41.5.